The van der Waals surface area contributed by atoms with Crippen molar-refractivity contribution in [3.05, 3.63) is 47.5 Å². The third-order valence-electron chi connectivity index (χ3n) is 4.71. The summed E-state index contributed by atoms with van der Waals surface area (Å²) in [5.74, 6) is 0.0546. The zero-order valence-corrected chi connectivity index (χ0v) is 20.4. The highest BCUT2D eigenvalue weighted by Crippen LogP contribution is 2.28. The normalized spacial score (nSPS) is 18.3. The number of benzene rings is 2. The van der Waals surface area contributed by atoms with Gasteiger partial charge in [0, 0.05) is 11.6 Å². The van der Waals surface area contributed by atoms with E-state index >= 15 is 0 Å². The van der Waals surface area contributed by atoms with E-state index in [0.717, 1.165) is 11.8 Å². The monoisotopic (exact) mass is 513 g/mol. The van der Waals surface area contributed by atoms with Crippen LogP contribution >= 0.6 is 23.4 Å². The molecule has 0 aliphatic carbocycles. The number of nitrogens with one attached hydrogen (secondary N) is 3. The second-order valence-electron chi connectivity index (χ2n) is 6.94. The first-order valence-electron chi connectivity index (χ1n) is 10.00. The van der Waals surface area contributed by atoms with Crippen LogP contribution in [-0.2, 0) is 19.4 Å². The van der Waals surface area contributed by atoms with E-state index in [9.17, 15) is 18.0 Å². The van der Waals surface area contributed by atoms with Gasteiger partial charge in [-0.1, -0.05) is 11.6 Å². The molecule has 0 bridgehead atoms. The molecule has 1 aliphatic rings. The molecule has 0 spiro atoms. The summed E-state index contributed by atoms with van der Waals surface area (Å²) in [4.78, 5) is 24.9. The van der Waals surface area contributed by atoms with Crippen molar-refractivity contribution in [2.24, 2.45) is 0 Å². The molecule has 1 aliphatic heterocycles. The highest BCUT2D eigenvalue weighted by Gasteiger charge is 2.38. The maximum atomic E-state index is 12.9. The zero-order chi connectivity index (χ0) is 24.0. The molecule has 2 unspecified atom stereocenters. The van der Waals surface area contributed by atoms with Gasteiger partial charge in [0.25, 0.3) is 0 Å². The van der Waals surface area contributed by atoms with Crippen LogP contribution in [0.4, 0.5) is 5.69 Å². The van der Waals surface area contributed by atoms with Crippen LogP contribution in [0.25, 0.3) is 0 Å². The summed E-state index contributed by atoms with van der Waals surface area (Å²) in [6.07, 6.45) is 0. The molecule has 12 heteroatoms. The number of halogens is 1. The molecular weight excluding hydrogens is 490 g/mol. The first-order valence-corrected chi connectivity index (χ1v) is 13.0. The van der Waals surface area contributed by atoms with E-state index in [-0.39, 0.29) is 23.1 Å². The van der Waals surface area contributed by atoms with Gasteiger partial charge in [0.1, 0.15) is 17.0 Å². The van der Waals surface area contributed by atoms with Crippen LogP contribution in [0.15, 0.2) is 47.4 Å². The van der Waals surface area contributed by atoms with E-state index in [2.05, 4.69) is 16.0 Å². The molecule has 2 aromatic rings. The van der Waals surface area contributed by atoms with Crippen molar-refractivity contribution < 1.29 is 27.5 Å². The molecule has 3 N–H and O–H groups in total. The van der Waals surface area contributed by atoms with Crippen LogP contribution < -0.4 is 25.4 Å². The number of anilines is 1. The van der Waals surface area contributed by atoms with Gasteiger partial charge >= 0.3 is 0 Å². The number of methoxy groups -OCH3 is 1. The van der Waals surface area contributed by atoms with Gasteiger partial charge < -0.3 is 20.1 Å². The number of thioether (sulfide) groups is 1. The van der Waals surface area contributed by atoms with E-state index in [1.165, 1.54) is 19.2 Å². The van der Waals surface area contributed by atoms with Gasteiger partial charge in [-0.25, -0.2) is 8.42 Å². The summed E-state index contributed by atoms with van der Waals surface area (Å²) in [5.41, 5.74) is -0.186. The van der Waals surface area contributed by atoms with Crippen LogP contribution in [0.3, 0.4) is 0 Å². The smallest absolute Gasteiger partial charge is 0.241 e. The van der Waals surface area contributed by atoms with Crippen molar-refractivity contribution in [3.63, 3.8) is 0 Å². The van der Waals surface area contributed by atoms with E-state index < -0.39 is 26.5 Å². The SMILES string of the molecule is CCOc1ccc(S(=O)(=O)C2CNC(SCC(=O)Nc3cc(Cl)ccc3OC)NC2=O)cc1. The predicted molar refractivity (Wildman–Crippen MR) is 128 cm³/mol. The first-order chi connectivity index (χ1) is 15.7. The van der Waals surface area contributed by atoms with Crippen LogP contribution in [0, 0.1) is 0 Å². The van der Waals surface area contributed by atoms with Crippen LogP contribution in [0.5, 0.6) is 11.5 Å². The number of amides is 2. The molecule has 1 fully saturated rings. The Morgan fingerprint density at radius 1 is 1.24 bits per heavy atom. The minimum Gasteiger partial charge on any atom is -0.495 e. The topological polar surface area (TPSA) is 123 Å². The number of carbonyl (C=O) groups excluding carboxylic acids is 2. The van der Waals surface area contributed by atoms with Crippen molar-refractivity contribution in [2.45, 2.75) is 22.6 Å². The lowest BCUT2D eigenvalue weighted by Crippen LogP contribution is -2.59. The summed E-state index contributed by atoms with van der Waals surface area (Å²) in [6.45, 7) is 2.21. The second-order valence-corrected chi connectivity index (χ2v) is 10.6. The second kappa shape index (κ2) is 11.1. The Morgan fingerprint density at radius 2 is 1.97 bits per heavy atom. The third-order valence-corrected chi connectivity index (χ3v) is 8.05. The Labute approximate surface area is 201 Å². The molecule has 2 atom stereocenters. The number of carbonyl (C=O) groups is 2. The van der Waals surface area contributed by atoms with Crippen molar-refractivity contribution in [1.82, 2.24) is 10.6 Å². The Balaban J connectivity index is 1.55. The summed E-state index contributed by atoms with van der Waals surface area (Å²) in [7, 11) is -2.42. The van der Waals surface area contributed by atoms with Crippen molar-refractivity contribution in [1.29, 1.82) is 0 Å². The standard InChI is InChI=1S/C21H24ClN3O6S2/c1-3-31-14-5-7-15(8-6-14)33(28,29)18-11-23-21(25-20(18)27)32-12-19(26)24-16-10-13(22)4-9-17(16)30-2/h4-10,18,21,23H,3,11-12H2,1-2H3,(H,24,26)(H,25,27). The Hall–Kier alpha value is -2.47. The maximum Gasteiger partial charge on any atom is 0.241 e. The van der Waals surface area contributed by atoms with Crippen molar-refractivity contribution in [3.8, 4) is 11.5 Å². The molecule has 2 aromatic carbocycles. The maximum absolute atomic E-state index is 12.9. The van der Waals surface area contributed by atoms with Gasteiger partial charge in [0.05, 0.1) is 30.1 Å². The third kappa shape index (κ3) is 6.32. The highest BCUT2D eigenvalue weighted by atomic mass is 35.5. The number of sulfone groups is 1. The molecular formula is C21H24ClN3O6S2. The van der Waals surface area contributed by atoms with E-state index in [4.69, 9.17) is 21.1 Å². The summed E-state index contributed by atoms with van der Waals surface area (Å²) in [6, 6.07) is 10.8. The quantitative estimate of drug-likeness (QED) is 0.466. The van der Waals surface area contributed by atoms with Gasteiger partial charge in [-0.15, -0.1) is 11.8 Å². The fourth-order valence-electron chi connectivity index (χ4n) is 3.11. The molecule has 1 heterocycles. The van der Waals surface area contributed by atoms with Crippen LogP contribution in [0.1, 0.15) is 6.92 Å². The lowest BCUT2D eigenvalue weighted by molar-refractivity contribution is -0.122. The van der Waals surface area contributed by atoms with Crippen molar-refractivity contribution in [2.75, 3.05) is 31.3 Å². The summed E-state index contributed by atoms with van der Waals surface area (Å²) in [5, 5.41) is 7.44. The summed E-state index contributed by atoms with van der Waals surface area (Å²) < 4.78 is 36.3. The minimum atomic E-state index is -3.90. The van der Waals surface area contributed by atoms with E-state index in [0.29, 0.717) is 28.8 Å². The zero-order valence-electron chi connectivity index (χ0n) is 18.0. The van der Waals surface area contributed by atoms with E-state index in [1.807, 2.05) is 6.92 Å². The molecule has 0 aromatic heterocycles. The van der Waals surface area contributed by atoms with Gasteiger partial charge in [-0.2, -0.15) is 0 Å². The number of rotatable bonds is 9. The minimum absolute atomic E-state index is 0.00389. The van der Waals surface area contributed by atoms with Gasteiger partial charge in [-0.3, -0.25) is 14.9 Å². The Kier molecular flexibility index (Phi) is 8.46. The predicted octanol–water partition coefficient (Wildman–Crippen LogP) is 2.26. The summed E-state index contributed by atoms with van der Waals surface area (Å²) >= 11 is 7.09. The molecule has 2 amide bonds. The lowest BCUT2D eigenvalue weighted by Gasteiger charge is -2.29. The van der Waals surface area contributed by atoms with Crippen molar-refractivity contribution >= 4 is 50.7 Å². The number of hydrogen-bond donors (Lipinski definition) is 3. The number of ether oxygens (including phenoxy) is 2. The van der Waals surface area contributed by atoms with Gasteiger partial charge in [-0.05, 0) is 49.4 Å². The van der Waals surface area contributed by atoms with Crippen LogP contribution in [0.2, 0.25) is 5.02 Å². The molecule has 1 saturated heterocycles. The molecule has 3 rings (SSSR count). The van der Waals surface area contributed by atoms with E-state index in [1.54, 1.807) is 30.3 Å². The Bertz CT molecular complexity index is 1110. The Morgan fingerprint density at radius 3 is 2.61 bits per heavy atom. The molecule has 9 nitrogen and oxygen atoms in total. The van der Waals surface area contributed by atoms with Gasteiger partial charge in [0.2, 0.25) is 11.8 Å². The molecule has 33 heavy (non-hydrogen) atoms. The lowest BCUT2D eigenvalue weighted by atomic mass is 10.3. The average Bonchev–Trinajstić information content (AvgIpc) is 2.78. The number of hydrogen-bond acceptors (Lipinski definition) is 8. The van der Waals surface area contributed by atoms with Crippen LogP contribution in [-0.4, -0.2) is 57.0 Å². The molecule has 0 saturated carbocycles. The van der Waals surface area contributed by atoms with Gasteiger partial charge in [0.15, 0.2) is 15.1 Å². The molecule has 178 valence electrons. The highest BCUT2D eigenvalue weighted by molar-refractivity contribution is 8.00. The fourth-order valence-corrected chi connectivity index (χ4v) is 5.60. The largest absolute Gasteiger partial charge is 0.495 e. The average molecular weight is 514 g/mol. The molecule has 0 radical (unpaired) electrons. The first kappa shape index (κ1) is 25.2. The fraction of sp³-hybridized carbons (Fsp3) is 0.333.